The minimum Gasteiger partial charge on any atom is -0.462 e. The van der Waals surface area contributed by atoms with Gasteiger partial charge in [0.15, 0.2) is 6.10 Å². The van der Waals surface area contributed by atoms with Crippen LogP contribution in [-0.2, 0) is 28.6 Å². The van der Waals surface area contributed by atoms with Crippen LogP contribution in [0.3, 0.4) is 0 Å². The third kappa shape index (κ3) is 53.0. The van der Waals surface area contributed by atoms with Crippen molar-refractivity contribution in [3.8, 4) is 0 Å². The number of esters is 3. The molecule has 0 heterocycles. The van der Waals surface area contributed by atoms with E-state index in [0.717, 1.165) is 135 Å². The number of ether oxygens (including phenoxy) is 3. The summed E-state index contributed by atoms with van der Waals surface area (Å²) >= 11 is 0. The van der Waals surface area contributed by atoms with Gasteiger partial charge in [0.1, 0.15) is 13.2 Å². The lowest BCUT2D eigenvalue weighted by molar-refractivity contribution is -0.167. The quantitative estimate of drug-likeness (QED) is 0.0262. The van der Waals surface area contributed by atoms with E-state index in [9.17, 15) is 14.4 Å². The number of unbranched alkanes of at least 4 members (excludes halogenated alkanes) is 20. The Hall–Kier alpha value is -3.93. The van der Waals surface area contributed by atoms with Crippen molar-refractivity contribution in [2.45, 2.75) is 252 Å². The van der Waals surface area contributed by atoms with E-state index in [1.165, 1.54) is 70.6 Å². The van der Waals surface area contributed by atoms with Gasteiger partial charge in [0.25, 0.3) is 0 Å². The predicted molar refractivity (Wildman–Crippen MR) is 293 cm³/mol. The number of allylic oxidation sites excluding steroid dienone is 18. The molecule has 0 rings (SSSR count). The van der Waals surface area contributed by atoms with E-state index in [2.05, 4.69) is 130 Å². The molecule has 0 aliphatic heterocycles. The Balaban J connectivity index is 4.33. The summed E-state index contributed by atoms with van der Waals surface area (Å²) in [6.45, 7) is 6.34. The molecule has 0 aromatic carbocycles. The standard InChI is InChI=1S/C62H102O6/c1-4-7-10-13-16-19-22-25-26-27-28-29-30-31-32-33-34-35-36-38-40-43-46-49-52-55-61(64)67-58-59(57-66-60(63)54-51-48-45-42-39-24-21-18-15-12-9-6-3)68-62(65)56-53-50-47-44-41-37-23-20-17-14-11-8-5-2/h7-8,10-11,16-21,25-26,28-29,31-32,37,41,59H,4-6,9,12-15,22-24,27,30,33-36,38-40,42-58H2,1-3H3/b10-7-,11-8-,19-16-,20-17-,21-18-,26-25-,29-28-,32-31-,41-37-. The van der Waals surface area contributed by atoms with Crippen molar-refractivity contribution in [1.82, 2.24) is 0 Å². The first-order valence-electron chi connectivity index (χ1n) is 27.9. The maximum Gasteiger partial charge on any atom is 0.306 e. The van der Waals surface area contributed by atoms with Gasteiger partial charge >= 0.3 is 17.9 Å². The highest BCUT2D eigenvalue weighted by Crippen LogP contribution is 2.14. The Morgan fingerprint density at radius 1 is 0.309 bits per heavy atom. The van der Waals surface area contributed by atoms with Crippen LogP contribution in [0, 0.1) is 0 Å². The topological polar surface area (TPSA) is 78.9 Å². The summed E-state index contributed by atoms with van der Waals surface area (Å²) in [5, 5.41) is 0. The van der Waals surface area contributed by atoms with Crippen LogP contribution in [0.5, 0.6) is 0 Å². The van der Waals surface area contributed by atoms with Crippen LogP contribution >= 0.6 is 0 Å². The molecule has 0 fully saturated rings. The normalized spacial score (nSPS) is 12.9. The van der Waals surface area contributed by atoms with Crippen LogP contribution in [0.2, 0.25) is 0 Å². The third-order valence-corrected chi connectivity index (χ3v) is 11.5. The van der Waals surface area contributed by atoms with Gasteiger partial charge in [-0.2, -0.15) is 0 Å². The first kappa shape index (κ1) is 64.1. The molecule has 0 saturated heterocycles. The number of rotatable bonds is 49. The second-order valence-electron chi connectivity index (χ2n) is 18.1. The van der Waals surface area contributed by atoms with E-state index in [4.69, 9.17) is 14.2 Å². The molecule has 0 N–H and O–H groups in total. The minimum absolute atomic E-state index is 0.0971. The number of carbonyl (C=O) groups is 3. The van der Waals surface area contributed by atoms with Crippen LogP contribution in [0.1, 0.15) is 245 Å². The zero-order valence-electron chi connectivity index (χ0n) is 44.1. The molecular formula is C62H102O6. The molecule has 0 spiro atoms. The highest BCUT2D eigenvalue weighted by atomic mass is 16.6. The summed E-state index contributed by atoms with van der Waals surface area (Å²) in [5.74, 6) is -0.944. The average molecular weight is 943 g/mol. The van der Waals surface area contributed by atoms with Gasteiger partial charge in [-0.15, -0.1) is 0 Å². The smallest absolute Gasteiger partial charge is 0.306 e. The van der Waals surface area contributed by atoms with E-state index in [1.807, 2.05) is 0 Å². The fourth-order valence-electron chi connectivity index (χ4n) is 7.36. The Morgan fingerprint density at radius 3 is 0.926 bits per heavy atom. The van der Waals surface area contributed by atoms with Crippen LogP contribution in [0.25, 0.3) is 0 Å². The molecule has 0 amide bonds. The van der Waals surface area contributed by atoms with Gasteiger partial charge in [0.05, 0.1) is 0 Å². The van der Waals surface area contributed by atoms with Crippen LogP contribution in [0.4, 0.5) is 0 Å². The molecular weight excluding hydrogens is 841 g/mol. The molecule has 0 radical (unpaired) electrons. The lowest BCUT2D eigenvalue weighted by atomic mass is 10.1. The van der Waals surface area contributed by atoms with Gasteiger partial charge in [-0.3, -0.25) is 14.4 Å². The molecule has 6 heteroatoms. The lowest BCUT2D eigenvalue weighted by Gasteiger charge is -2.18. The predicted octanol–water partition coefficient (Wildman–Crippen LogP) is 18.7. The average Bonchev–Trinajstić information content (AvgIpc) is 3.34. The number of hydrogen-bond acceptors (Lipinski definition) is 6. The van der Waals surface area contributed by atoms with Crippen molar-refractivity contribution in [1.29, 1.82) is 0 Å². The fourth-order valence-corrected chi connectivity index (χ4v) is 7.36. The zero-order valence-corrected chi connectivity index (χ0v) is 44.1. The molecule has 386 valence electrons. The number of hydrogen-bond donors (Lipinski definition) is 0. The van der Waals surface area contributed by atoms with Gasteiger partial charge in [0.2, 0.25) is 0 Å². The molecule has 0 aliphatic carbocycles. The number of carbonyl (C=O) groups excluding carboxylic acids is 3. The molecule has 0 bridgehead atoms. The van der Waals surface area contributed by atoms with E-state index in [1.54, 1.807) is 0 Å². The first-order chi connectivity index (χ1) is 33.5. The summed E-state index contributed by atoms with van der Waals surface area (Å²) in [4.78, 5) is 38.0. The van der Waals surface area contributed by atoms with Crippen molar-refractivity contribution < 1.29 is 28.6 Å². The van der Waals surface area contributed by atoms with Crippen molar-refractivity contribution in [2.24, 2.45) is 0 Å². The molecule has 0 aromatic heterocycles. The Labute approximate surface area is 419 Å². The lowest BCUT2D eigenvalue weighted by Crippen LogP contribution is -2.30. The van der Waals surface area contributed by atoms with Crippen molar-refractivity contribution >= 4 is 17.9 Å². The SMILES string of the molecule is CC/C=C\C/C=C\C/C=C\C/C=C\C/C=C\CCCCCCCCCCCC(=O)OCC(COC(=O)CCCCCCC/C=C\CCCCC)OC(=O)CCCCC/C=C\C/C=C\C/C=C\CC. The van der Waals surface area contributed by atoms with E-state index in [0.29, 0.717) is 12.8 Å². The molecule has 6 nitrogen and oxygen atoms in total. The second kappa shape index (κ2) is 55.7. The molecule has 0 aliphatic rings. The molecule has 0 aromatic rings. The molecule has 68 heavy (non-hydrogen) atoms. The van der Waals surface area contributed by atoms with Crippen molar-refractivity contribution in [3.63, 3.8) is 0 Å². The van der Waals surface area contributed by atoms with Crippen LogP contribution in [-0.4, -0.2) is 37.2 Å². The molecule has 0 saturated carbocycles. The summed E-state index contributed by atoms with van der Waals surface area (Å²) < 4.78 is 16.8. The van der Waals surface area contributed by atoms with Gasteiger partial charge in [0, 0.05) is 19.3 Å². The summed E-state index contributed by atoms with van der Waals surface area (Å²) in [5.41, 5.74) is 0. The first-order valence-corrected chi connectivity index (χ1v) is 27.9. The molecule has 1 atom stereocenters. The van der Waals surface area contributed by atoms with Crippen LogP contribution < -0.4 is 0 Å². The fraction of sp³-hybridized carbons (Fsp3) is 0.661. The Kier molecular flexibility index (Phi) is 52.4. The summed E-state index contributed by atoms with van der Waals surface area (Å²) in [6.07, 6.45) is 75.1. The largest absolute Gasteiger partial charge is 0.462 e. The van der Waals surface area contributed by atoms with Gasteiger partial charge in [-0.25, -0.2) is 0 Å². The van der Waals surface area contributed by atoms with Gasteiger partial charge < -0.3 is 14.2 Å². The van der Waals surface area contributed by atoms with Crippen LogP contribution in [0.15, 0.2) is 109 Å². The monoisotopic (exact) mass is 943 g/mol. The maximum absolute atomic E-state index is 12.8. The third-order valence-electron chi connectivity index (χ3n) is 11.5. The van der Waals surface area contributed by atoms with Crippen molar-refractivity contribution in [3.05, 3.63) is 109 Å². The highest BCUT2D eigenvalue weighted by molar-refractivity contribution is 5.71. The van der Waals surface area contributed by atoms with Gasteiger partial charge in [-0.1, -0.05) is 214 Å². The molecule has 1 unspecified atom stereocenters. The Morgan fingerprint density at radius 2 is 0.574 bits per heavy atom. The van der Waals surface area contributed by atoms with E-state index in [-0.39, 0.29) is 37.5 Å². The summed E-state index contributed by atoms with van der Waals surface area (Å²) in [7, 11) is 0. The highest BCUT2D eigenvalue weighted by Gasteiger charge is 2.19. The minimum atomic E-state index is -0.800. The van der Waals surface area contributed by atoms with E-state index >= 15 is 0 Å². The Bertz CT molecular complexity index is 1410. The summed E-state index contributed by atoms with van der Waals surface area (Å²) in [6, 6.07) is 0. The van der Waals surface area contributed by atoms with Crippen molar-refractivity contribution in [2.75, 3.05) is 13.2 Å². The maximum atomic E-state index is 12.8. The second-order valence-corrected chi connectivity index (χ2v) is 18.1. The van der Waals surface area contributed by atoms with Gasteiger partial charge in [-0.05, 0) is 122 Å². The zero-order chi connectivity index (χ0) is 49.3. The van der Waals surface area contributed by atoms with E-state index < -0.39 is 6.10 Å².